The summed E-state index contributed by atoms with van der Waals surface area (Å²) in [4.78, 5) is 0. The molecule has 0 fully saturated rings. The third-order valence-corrected chi connectivity index (χ3v) is 2.38. The molecule has 7 heteroatoms. The maximum atomic E-state index is 13.6. The van der Waals surface area contributed by atoms with Crippen molar-refractivity contribution >= 4 is 0 Å². The van der Waals surface area contributed by atoms with Crippen molar-refractivity contribution in [1.82, 2.24) is 9.78 Å². The molecule has 1 aromatic carbocycles. The average molecular weight is 260 g/mol. The number of para-hydroxylation sites is 1. The summed E-state index contributed by atoms with van der Waals surface area (Å²) in [6, 6.07) is 3.86. The number of nitrogens with zero attached hydrogens (tertiary/aromatic N) is 2. The number of hydrogen-bond acceptors (Lipinski definition) is 2. The van der Waals surface area contributed by atoms with Crippen LogP contribution in [0.2, 0.25) is 0 Å². The third-order valence-electron chi connectivity index (χ3n) is 2.38. The van der Waals surface area contributed by atoms with Crippen molar-refractivity contribution in [3.05, 3.63) is 47.5 Å². The second-order valence-corrected chi connectivity index (χ2v) is 3.58. The summed E-state index contributed by atoms with van der Waals surface area (Å²) in [5, 5.41) is 12.5. The Hall–Kier alpha value is -1.89. The van der Waals surface area contributed by atoms with Gasteiger partial charge in [-0.25, -0.2) is 9.07 Å². The molecule has 0 radical (unpaired) electrons. The van der Waals surface area contributed by atoms with Crippen LogP contribution in [-0.4, -0.2) is 14.9 Å². The van der Waals surface area contributed by atoms with E-state index in [4.69, 9.17) is 5.11 Å². The molecule has 0 spiro atoms. The molecular formula is C11H8F4N2O. The summed E-state index contributed by atoms with van der Waals surface area (Å²) < 4.78 is 51.6. The van der Waals surface area contributed by atoms with Crippen molar-refractivity contribution in [1.29, 1.82) is 0 Å². The van der Waals surface area contributed by atoms with E-state index in [-0.39, 0.29) is 11.3 Å². The van der Waals surface area contributed by atoms with E-state index >= 15 is 0 Å². The zero-order chi connectivity index (χ0) is 13.3. The monoisotopic (exact) mass is 260 g/mol. The molecule has 0 saturated carbocycles. The van der Waals surface area contributed by atoms with Crippen LogP contribution < -0.4 is 0 Å². The predicted octanol–water partition coefficient (Wildman–Crippen LogP) is 2.52. The van der Waals surface area contributed by atoms with E-state index in [0.29, 0.717) is 12.4 Å². The first-order chi connectivity index (χ1) is 8.43. The zero-order valence-corrected chi connectivity index (χ0v) is 8.95. The van der Waals surface area contributed by atoms with Gasteiger partial charge in [-0.1, -0.05) is 12.1 Å². The minimum atomic E-state index is -4.54. The van der Waals surface area contributed by atoms with Crippen molar-refractivity contribution in [3.8, 4) is 5.69 Å². The Morgan fingerprint density at radius 2 is 2.00 bits per heavy atom. The summed E-state index contributed by atoms with van der Waals surface area (Å²) in [5.74, 6) is -0.752. The Morgan fingerprint density at radius 1 is 1.28 bits per heavy atom. The predicted molar refractivity (Wildman–Crippen MR) is 54.4 cm³/mol. The van der Waals surface area contributed by atoms with E-state index in [1.54, 1.807) is 0 Å². The van der Waals surface area contributed by atoms with Gasteiger partial charge in [-0.05, 0) is 6.07 Å². The smallest absolute Gasteiger partial charge is 0.392 e. The number of alkyl halides is 3. The van der Waals surface area contributed by atoms with Crippen LogP contribution in [0.3, 0.4) is 0 Å². The molecule has 0 aliphatic heterocycles. The topological polar surface area (TPSA) is 38.0 Å². The summed E-state index contributed by atoms with van der Waals surface area (Å²) in [5.41, 5.74) is -1.00. The van der Waals surface area contributed by atoms with Crippen LogP contribution in [0.15, 0.2) is 30.6 Å². The highest BCUT2D eigenvalue weighted by Gasteiger charge is 2.32. The second kappa shape index (κ2) is 4.41. The molecule has 2 aromatic rings. The van der Waals surface area contributed by atoms with Gasteiger partial charge in [0.2, 0.25) is 0 Å². The molecule has 2 rings (SSSR count). The van der Waals surface area contributed by atoms with Crippen molar-refractivity contribution in [2.45, 2.75) is 12.8 Å². The lowest BCUT2D eigenvalue weighted by Crippen LogP contribution is -2.05. The van der Waals surface area contributed by atoms with E-state index in [9.17, 15) is 17.6 Å². The fourth-order valence-electron chi connectivity index (χ4n) is 1.54. The molecule has 1 heterocycles. The zero-order valence-electron chi connectivity index (χ0n) is 8.95. The lowest BCUT2D eigenvalue weighted by Gasteiger charge is -2.08. The Labute approximate surface area is 99.3 Å². The molecule has 0 aliphatic rings. The van der Waals surface area contributed by atoms with E-state index < -0.39 is 24.2 Å². The molecule has 3 nitrogen and oxygen atoms in total. The number of benzene rings is 1. The minimum Gasteiger partial charge on any atom is -0.392 e. The van der Waals surface area contributed by atoms with Crippen molar-refractivity contribution in [2.24, 2.45) is 0 Å². The molecular weight excluding hydrogens is 252 g/mol. The first-order valence-electron chi connectivity index (χ1n) is 4.94. The van der Waals surface area contributed by atoms with Crippen molar-refractivity contribution < 1.29 is 22.7 Å². The summed E-state index contributed by atoms with van der Waals surface area (Å²) in [7, 11) is 0. The largest absolute Gasteiger partial charge is 0.419 e. The average Bonchev–Trinajstić information content (AvgIpc) is 2.77. The number of hydrogen-bond donors (Lipinski definition) is 1. The van der Waals surface area contributed by atoms with Crippen LogP contribution in [0.1, 0.15) is 11.1 Å². The first-order valence-corrected chi connectivity index (χ1v) is 4.94. The highest BCUT2D eigenvalue weighted by atomic mass is 19.4. The fourth-order valence-corrected chi connectivity index (χ4v) is 1.54. The van der Waals surface area contributed by atoms with Gasteiger partial charge in [0.05, 0.1) is 18.4 Å². The van der Waals surface area contributed by atoms with E-state index in [1.165, 1.54) is 12.1 Å². The Bertz CT molecular complexity index is 562. The number of aromatic nitrogens is 2. The van der Waals surface area contributed by atoms with Crippen LogP contribution in [-0.2, 0) is 12.8 Å². The molecule has 0 aliphatic carbocycles. The Kier molecular flexibility index (Phi) is 3.08. The highest BCUT2D eigenvalue weighted by Crippen LogP contribution is 2.29. The SMILES string of the molecule is OCc1cccc(F)c1-n1cc(C(F)(F)F)cn1. The van der Waals surface area contributed by atoms with Gasteiger partial charge in [0.1, 0.15) is 11.5 Å². The van der Waals surface area contributed by atoms with Crippen LogP contribution in [0.4, 0.5) is 17.6 Å². The lowest BCUT2D eigenvalue weighted by molar-refractivity contribution is -0.137. The molecule has 0 saturated heterocycles. The maximum absolute atomic E-state index is 13.6. The second-order valence-electron chi connectivity index (χ2n) is 3.58. The molecule has 1 aromatic heterocycles. The van der Waals surface area contributed by atoms with Gasteiger partial charge < -0.3 is 5.11 Å². The lowest BCUT2D eigenvalue weighted by atomic mass is 10.2. The van der Waals surface area contributed by atoms with Crippen molar-refractivity contribution in [2.75, 3.05) is 0 Å². The van der Waals surface area contributed by atoms with Gasteiger partial charge in [-0.3, -0.25) is 0 Å². The Balaban J connectivity index is 2.53. The highest BCUT2D eigenvalue weighted by molar-refractivity contribution is 5.41. The van der Waals surface area contributed by atoms with E-state index in [0.717, 1.165) is 10.7 Å². The number of aliphatic hydroxyl groups excluding tert-OH is 1. The molecule has 0 atom stereocenters. The third kappa shape index (κ3) is 2.21. The van der Waals surface area contributed by atoms with Crippen LogP contribution in [0, 0.1) is 5.82 Å². The molecule has 1 N–H and O–H groups in total. The van der Waals surface area contributed by atoms with E-state index in [1.807, 2.05) is 0 Å². The summed E-state index contributed by atoms with van der Waals surface area (Å²) in [6.07, 6.45) is -3.26. The van der Waals surface area contributed by atoms with Crippen molar-refractivity contribution in [3.63, 3.8) is 0 Å². The number of aliphatic hydroxyl groups is 1. The Morgan fingerprint density at radius 3 is 2.56 bits per heavy atom. The van der Waals surface area contributed by atoms with Gasteiger partial charge in [-0.15, -0.1) is 0 Å². The summed E-state index contributed by atoms with van der Waals surface area (Å²) >= 11 is 0. The quantitative estimate of drug-likeness (QED) is 0.842. The van der Waals surface area contributed by atoms with Gasteiger partial charge >= 0.3 is 6.18 Å². The first kappa shape index (κ1) is 12.6. The van der Waals surface area contributed by atoms with Crippen LogP contribution >= 0.6 is 0 Å². The van der Waals surface area contributed by atoms with Gasteiger partial charge in [0, 0.05) is 11.8 Å². The minimum absolute atomic E-state index is 0.159. The number of rotatable bonds is 2. The molecule has 0 unspecified atom stereocenters. The van der Waals surface area contributed by atoms with E-state index in [2.05, 4.69) is 5.10 Å². The normalized spacial score (nSPS) is 11.8. The summed E-state index contributed by atoms with van der Waals surface area (Å²) in [6.45, 7) is -0.492. The molecule has 0 amide bonds. The fraction of sp³-hybridized carbons (Fsp3) is 0.182. The van der Waals surface area contributed by atoms with Gasteiger partial charge in [0.25, 0.3) is 0 Å². The van der Waals surface area contributed by atoms with Crippen LogP contribution in [0.5, 0.6) is 0 Å². The van der Waals surface area contributed by atoms with Crippen LogP contribution in [0.25, 0.3) is 5.69 Å². The molecule has 96 valence electrons. The number of halogens is 4. The standard InChI is InChI=1S/C11H8F4N2O/c12-9-3-1-2-7(6-18)10(9)17-5-8(4-16-17)11(13,14)15/h1-5,18H,6H2. The van der Waals surface area contributed by atoms with Gasteiger partial charge in [-0.2, -0.15) is 18.3 Å². The maximum Gasteiger partial charge on any atom is 0.419 e. The van der Waals surface area contributed by atoms with Gasteiger partial charge in [0.15, 0.2) is 0 Å². The molecule has 0 bridgehead atoms. The molecule has 18 heavy (non-hydrogen) atoms.